The van der Waals surface area contributed by atoms with E-state index >= 15 is 0 Å². The Morgan fingerprint density at radius 1 is 0.952 bits per heavy atom. The minimum absolute atomic E-state index is 0.101. The fraction of sp³-hybridized carbons (Fsp3) is 0.516. The number of nitrogens with zero attached hydrogens (tertiary/aromatic N) is 1. The molecule has 0 radical (unpaired) electrons. The highest BCUT2D eigenvalue weighted by molar-refractivity contribution is 5.96. The summed E-state index contributed by atoms with van der Waals surface area (Å²) in [5, 5.41) is 19.6. The largest absolute Gasteiger partial charge is 0.416 e. The molecular formula is C31H39F3N4O4. The van der Waals surface area contributed by atoms with Gasteiger partial charge in [-0.05, 0) is 88.8 Å². The van der Waals surface area contributed by atoms with E-state index in [9.17, 15) is 32.7 Å². The van der Waals surface area contributed by atoms with E-state index in [1.165, 1.54) is 6.07 Å². The van der Waals surface area contributed by atoms with Crippen molar-refractivity contribution in [3.63, 3.8) is 0 Å². The molecule has 1 saturated heterocycles. The SMILES string of the molecule is CC(C)(C)NC(=O)c1ccc(C2(O)CCC(N3CC[C@@H](NC(=O)CNC(=O)c4cccc(C(F)(F)F)c4)C3)CC2)cc1. The number of carbonyl (C=O) groups excluding carboxylic acids is 3. The highest BCUT2D eigenvalue weighted by Crippen LogP contribution is 2.39. The summed E-state index contributed by atoms with van der Waals surface area (Å²) in [7, 11) is 0. The van der Waals surface area contributed by atoms with Gasteiger partial charge in [0.1, 0.15) is 0 Å². The van der Waals surface area contributed by atoms with Crippen LogP contribution in [0.15, 0.2) is 48.5 Å². The first-order valence-electron chi connectivity index (χ1n) is 14.3. The molecular weight excluding hydrogens is 549 g/mol. The smallest absolute Gasteiger partial charge is 0.385 e. The van der Waals surface area contributed by atoms with Crippen LogP contribution in [-0.2, 0) is 16.6 Å². The molecule has 0 aromatic heterocycles. The number of benzene rings is 2. The summed E-state index contributed by atoms with van der Waals surface area (Å²) in [6, 6.07) is 11.4. The molecule has 42 heavy (non-hydrogen) atoms. The number of rotatable bonds is 7. The molecule has 2 aromatic carbocycles. The van der Waals surface area contributed by atoms with Crippen LogP contribution in [0.4, 0.5) is 13.2 Å². The molecule has 1 heterocycles. The van der Waals surface area contributed by atoms with Crippen LogP contribution in [0.25, 0.3) is 0 Å². The lowest BCUT2D eigenvalue weighted by Crippen LogP contribution is -2.45. The maximum absolute atomic E-state index is 12.9. The van der Waals surface area contributed by atoms with Crippen molar-refractivity contribution in [3.8, 4) is 0 Å². The molecule has 2 aromatic rings. The first-order valence-corrected chi connectivity index (χ1v) is 14.3. The van der Waals surface area contributed by atoms with Crippen molar-refractivity contribution in [2.75, 3.05) is 19.6 Å². The van der Waals surface area contributed by atoms with E-state index in [-0.39, 0.29) is 35.6 Å². The molecule has 4 N–H and O–H groups in total. The first kappa shape index (κ1) is 31.5. The third-order valence-corrected chi connectivity index (χ3v) is 7.92. The van der Waals surface area contributed by atoms with E-state index < -0.39 is 29.2 Å². The van der Waals surface area contributed by atoms with Gasteiger partial charge in [-0.1, -0.05) is 18.2 Å². The second kappa shape index (κ2) is 12.4. The monoisotopic (exact) mass is 588 g/mol. The van der Waals surface area contributed by atoms with Gasteiger partial charge in [0.25, 0.3) is 11.8 Å². The topological polar surface area (TPSA) is 111 Å². The van der Waals surface area contributed by atoms with Gasteiger partial charge in [0.15, 0.2) is 0 Å². The van der Waals surface area contributed by atoms with Crippen LogP contribution >= 0.6 is 0 Å². The van der Waals surface area contributed by atoms with Crippen LogP contribution in [-0.4, -0.2) is 65.0 Å². The highest BCUT2D eigenvalue weighted by Gasteiger charge is 2.39. The van der Waals surface area contributed by atoms with Crippen LogP contribution in [0.5, 0.6) is 0 Å². The molecule has 0 bridgehead atoms. The van der Waals surface area contributed by atoms with Crippen LogP contribution in [0.1, 0.15) is 84.7 Å². The fourth-order valence-electron chi connectivity index (χ4n) is 5.69. The average molecular weight is 589 g/mol. The zero-order chi connectivity index (χ0) is 30.7. The standard InChI is InChI=1S/C31H39F3N4O4/c1-29(2,3)37-28(41)20-7-9-22(10-8-20)30(42)14-11-25(12-15-30)38-16-13-24(19-38)36-26(39)18-35-27(40)21-5-4-6-23(17-21)31(32,33)34/h4-10,17,24-25,42H,11-16,18-19H2,1-3H3,(H,35,40)(H,36,39)(H,37,41)/t24-,25?,30?/m1/s1. The van der Waals surface area contributed by atoms with Crippen LogP contribution in [0.2, 0.25) is 0 Å². The van der Waals surface area contributed by atoms with Gasteiger partial charge >= 0.3 is 6.18 Å². The van der Waals surface area contributed by atoms with E-state index in [2.05, 4.69) is 20.9 Å². The van der Waals surface area contributed by atoms with E-state index in [1.807, 2.05) is 32.9 Å². The Morgan fingerprint density at radius 3 is 2.24 bits per heavy atom. The summed E-state index contributed by atoms with van der Waals surface area (Å²) < 4.78 is 38.7. The molecule has 1 aliphatic carbocycles. The lowest BCUT2D eigenvalue weighted by molar-refractivity contribution is -0.137. The van der Waals surface area contributed by atoms with E-state index in [1.54, 1.807) is 12.1 Å². The molecule has 0 unspecified atom stereocenters. The van der Waals surface area contributed by atoms with Crippen molar-refractivity contribution in [2.24, 2.45) is 0 Å². The number of hydrogen-bond acceptors (Lipinski definition) is 5. The number of alkyl halides is 3. The summed E-state index contributed by atoms with van der Waals surface area (Å²) in [5.74, 6) is -1.31. The predicted octanol–water partition coefficient (Wildman–Crippen LogP) is 3.98. The highest BCUT2D eigenvalue weighted by atomic mass is 19.4. The van der Waals surface area contributed by atoms with E-state index in [0.717, 1.165) is 49.6 Å². The van der Waals surface area contributed by atoms with E-state index in [0.29, 0.717) is 24.9 Å². The molecule has 8 nitrogen and oxygen atoms in total. The lowest BCUT2D eigenvalue weighted by Gasteiger charge is -2.40. The van der Waals surface area contributed by atoms with Crippen LogP contribution in [0, 0.1) is 0 Å². The van der Waals surface area contributed by atoms with Crippen LogP contribution in [0.3, 0.4) is 0 Å². The molecule has 228 valence electrons. The predicted molar refractivity (Wildman–Crippen MR) is 152 cm³/mol. The summed E-state index contributed by atoms with van der Waals surface area (Å²) in [6.07, 6.45) is -1.07. The maximum atomic E-state index is 12.9. The van der Waals surface area contributed by atoms with Gasteiger partial charge in [0.2, 0.25) is 5.91 Å². The van der Waals surface area contributed by atoms with E-state index in [4.69, 9.17) is 0 Å². The second-order valence-electron chi connectivity index (χ2n) is 12.4. The van der Waals surface area contributed by atoms with Gasteiger partial charge in [0, 0.05) is 41.8 Å². The zero-order valence-electron chi connectivity index (χ0n) is 24.2. The quantitative estimate of drug-likeness (QED) is 0.391. The van der Waals surface area contributed by atoms with Gasteiger partial charge in [0.05, 0.1) is 17.7 Å². The van der Waals surface area contributed by atoms with Crippen molar-refractivity contribution in [2.45, 2.75) is 82.3 Å². The number of nitrogens with one attached hydrogen (secondary N) is 3. The first-order chi connectivity index (χ1) is 19.6. The minimum atomic E-state index is -4.56. The zero-order valence-corrected chi connectivity index (χ0v) is 24.2. The molecule has 1 saturated carbocycles. The summed E-state index contributed by atoms with van der Waals surface area (Å²) in [6.45, 7) is 6.87. The summed E-state index contributed by atoms with van der Waals surface area (Å²) in [4.78, 5) is 39.4. The maximum Gasteiger partial charge on any atom is 0.416 e. The molecule has 2 aliphatic rings. The average Bonchev–Trinajstić information content (AvgIpc) is 3.39. The van der Waals surface area contributed by atoms with Crippen LogP contribution < -0.4 is 16.0 Å². The fourth-order valence-corrected chi connectivity index (χ4v) is 5.69. The molecule has 11 heteroatoms. The number of halogens is 3. The Hall–Kier alpha value is -3.44. The lowest BCUT2D eigenvalue weighted by atomic mass is 9.77. The molecule has 4 rings (SSSR count). The molecule has 0 spiro atoms. The number of amides is 3. The van der Waals surface area contributed by atoms with Gasteiger partial charge in [-0.2, -0.15) is 13.2 Å². The molecule has 3 amide bonds. The third-order valence-electron chi connectivity index (χ3n) is 7.92. The minimum Gasteiger partial charge on any atom is -0.385 e. The van der Waals surface area contributed by atoms with Crippen molar-refractivity contribution >= 4 is 17.7 Å². The summed E-state index contributed by atoms with van der Waals surface area (Å²) >= 11 is 0. The Balaban J connectivity index is 1.22. The van der Waals surface area contributed by atoms with Gasteiger partial charge in [-0.25, -0.2) is 0 Å². The Bertz CT molecular complexity index is 1280. The molecule has 1 aliphatic heterocycles. The number of likely N-dealkylation sites (tertiary alicyclic amines) is 1. The van der Waals surface area contributed by atoms with Gasteiger partial charge < -0.3 is 21.1 Å². The van der Waals surface area contributed by atoms with Gasteiger partial charge in [-0.15, -0.1) is 0 Å². The number of carbonyl (C=O) groups is 3. The Kier molecular flexibility index (Phi) is 9.32. The van der Waals surface area contributed by atoms with Crippen molar-refractivity contribution in [1.82, 2.24) is 20.9 Å². The van der Waals surface area contributed by atoms with Crippen molar-refractivity contribution < 1.29 is 32.7 Å². The van der Waals surface area contributed by atoms with Crippen molar-refractivity contribution in [1.29, 1.82) is 0 Å². The second-order valence-corrected chi connectivity index (χ2v) is 12.4. The normalized spacial score (nSPS) is 23.3. The third kappa shape index (κ3) is 8.10. The summed E-state index contributed by atoms with van der Waals surface area (Å²) in [5.41, 5.74) is -1.04. The molecule has 2 fully saturated rings. The number of aliphatic hydroxyl groups is 1. The Labute approximate surface area is 244 Å². The Morgan fingerprint density at radius 2 is 1.62 bits per heavy atom. The van der Waals surface area contributed by atoms with Crippen molar-refractivity contribution in [3.05, 3.63) is 70.8 Å². The van der Waals surface area contributed by atoms with Gasteiger partial charge in [-0.3, -0.25) is 19.3 Å². The molecule has 1 atom stereocenters. The number of hydrogen-bond donors (Lipinski definition) is 4.